The summed E-state index contributed by atoms with van der Waals surface area (Å²) >= 11 is 6.10. The highest BCUT2D eigenvalue weighted by molar-refractivity contribution is 6.32. The molecule has 0 aliphatic rings. The second-order valence-electron chi connectivity index (χ2n) is 4.48. The van der Waals surface area contributed by atoms with Crippen molar-refractivity contribution in [3.05, 3.63) is 63.9 Å². The summed E-state index contributed by atoms with van der Waals surface area (Å²) in [5, 5.41) is 9.27. The third kappa shape index (κ3) is 4.22. The Labute approximate surface area is 128 Å². The fourth-order valence-corrected chi connectivity index (χ4v) is 2.09. The summed E-state index contributed by atoms with van der Waals surface area (Å²) in [6.45, 7) is 1.89. The van der Waals surface area contributed by atoms with Crippen LogP contribution in [0.25, 0.3) is 0 Å². The number of hydrogen-bond acceptors (Lipinski definition) is 2. The summed E-state index contributed by atoms with van der Waals surface area (Å²) in [4.78, 5) is 0. The molecule has 0 amide bonds. The van der Waals surface area contributed by atoms with Crippen molar-refractivity contribution in [2.24, 2.45) is 0 Å². The van der Waals surface area contributed by atoms with E-state index in [2.05, 4.69) is 11.8 Å². The zero-order chi connectivity index (χ0) is 15.2. The monoisotopic (exact) mass is 304 g/mol. The third-order valence-corrected chi connectivity index (χ3v) is 3.14. The Bertz CT molecular complexity index is 702. The van der Waals surface area contributed by atoms with Crippen LogP contribution in [0.1, 0.15) is 16.7 Å². The smallest absolute Gasteiger partial charge is 0.138 e. The van der Waals surface area contributed by atoms with Gasteiger partial charge in [-0.15, -0.1) is 0 Å². The molecule has 0 aliphatic heterocycles. The Morgan fingerprint density at radius 1 is 1.24 bits per heavy atom. The number of ether oxygens (including phenoxy) is 1. The van der Waals surface area contributed by atoms with Crippen molar-refractivity contribution >= 4 is 11.6 Å². The summed E-state index contributed by atoms with van der Waals surface area (Å²) < 4.78 is 18.9. The molecule has 0 aromatic heterocycles. The molecule has 0 aliphatic carbocycles. The third-order valence-electron chi connectivity index (χ3n) is 2.84. The summed E-state index contributed by atoms with van der Waals surface area (Å²) in [6.07, 6.45) is 0. The molecular weight excluding hydrogens is 291 g/mol. The van der Waals surface area contributed by atoms with E-state index in [1.54, 1.807) is 12.1 Å². The van der Waals surface area contributed by atoms with E-state index in [1.165, 1.54) is 12.1 Å². The first-order chi connectivity index (χ1) is 10.1. The largest absolute Gasteiger partial charge is 0.487 e. The SMILES string of the molecule is Cc1ccc(OCc2ccc(F)cc2C#CCO)c(Cl)c1. The molecule has 2 aromatic rings. The van der Waals surface area contributed by atoms with E-state index in [0.29, 0.717) is 16.3 Å². The number of halogens is 2. The van der Waals surface area contributed by atoms with Crippen molar-refractivity contribution in [1.29, 1.82) is 0 Å². The standard InChI is InChI=1S/C17H14ClFO2/c1-12-4-7-17(16(18)9-12)21-11-14-5-6-15(19)10-13(14)3-2-8-20/h4-7,9-10,20H,8,11H2,1H3. The zero-order valence-corrected chi connectivity index (χ0v) is 12.2. The van der Waals surface area contributed by atoms with E-state index < -0.39 is 0 Å². The van der Waals surface area contributed by atoms with Crippen LogP contribution in [0.2, 0.25) is 5.02 Å². The Kier molecular flexibility index (Phi) is 5.21. The van der Waals surface area contributed by atoms with Crippen LogP contribution in [0.5, 0.6) is 5.75 Å². The highest BCUT2D eigenvalue weighted by Gasteiger charge is 2.06. The number of benzene rings is 2. The lowest BCUT2D eigenvalue weighted by Gasteiger charge is -2.10. The van der Waals surface area contributed by atoms with E-state index in [9.17, 15) is 4.39 Å². The van der Waals surface area contributed by atoms with Gasteiger partial charge in [0.25, 0.3) is 0 Å². The summed E-state index contributed by atoms with van der Waals surface area (Å²) in [5.74, 6) is 5.40. The average Bonchev–Trinajstić information content (AvgIpc) is 2.45. The van der Waals surface area contributed by atoms with Crippen LogP contribution in [0.15, 0.2) is 36.4 Å². The van der Waals surface area contributed by atoms with Gasteiger partial charge in [-0.1, -0.05) is 35.6 Å². The number of hydrogen-bond donors (Lipinski definition) is 1. The van der Waals surface area contributed by atoms with Gasteiger partial charge in [-0.3, -0.25) is 0 Å². The molecule has 0 atom stereocenters. The highest BCUT2D eigenvalue weighted by atomic mass is 35.5. The molecule has 0 heterocycles. The molecule has 0 unspecified atom stereocenters. The minimum absolute atomic E-state index is 0.221. The number of aliphatic hydroxyl groups is 1. The summed E-state index contributed by atoms with van der Waals surface area (Å²) in [6, 6.07) is 9.78. The van der Waals surface area contributed by atoms with Crippen molar-refractivity contribution in [3.8, 4) is 17.6 Å². The summed E-state index contributed by atoms with van der Waals surface area (Å²) in [7, 11) is 0. The van der Waals surface area contributed by atoms with Crippen LogP contribution in [0, 0.1) is 24.6 Å². The first-order valence-electron chi connectivity index (χ1n) is 6.37. The van der Waals surface area contributed by atoms with Gasteiger partial charge in [0.2, 0.25) is 0 Å². The molecule has 0 bridgehead atoms. The van der Waals surface area contributed by atoms with Crippen LogP contribution in [0.3, 0.4) is 0 Å². The van der Waals surface area contributed by atoms with Crippen LogP contribution in [-0.2, 0) is 6.61 Å². The van der Waals surface area contributed by atoms with Gasteiger partial charge < -0.3 is 9.84 Å². The summed E-state index contributed by atoms with van der Waals surface area (Å²) in [5.41, 5.74) is 2.27. The van der Waals surface area contributed by atoms with E-state index in [-0.39, 0.29) is 19.0 Å². The van der Waals surface area contributed by atoms with E-state index in [4.69, 9.17) is 21.4 Å². The second-order valence-corrected chi connectivity index (χ2v) is 4.89. The van der Waals surface area contributed by atoms with Gasteiger partial charge in [0.05, 0.1) is 5.02 Å². The fourth-order valence-electron chi connectivity index (χ4n) is 1.80. The van der Waals surface area contributed by atoms with Crippen molar-refractivity contribution in [1.82, 2.24) is 0 Å². The average molecular weight is 305 g/mol. The van der Waals surface area contributed by atoms with Crippen LogP contribution in [0.4, 0.5) is 4.39 Å². The minimum atomic E-state index is -0.380. The zero-order valence-electron chi connectivity index (χ0n) is 11.5. The van der Waals surface area contributed by atoms with Gasteiger partial charge in [-0.25, -0.2) is 4.39 Å². The lowest BCUT2D eigenvalue weighted by atomic mass is 10.1. The first kappa shape index (κ1) is 15.4. The van der Waals surface area contributed by atoms with Crippen molar-refractivity contribution < 1.29 is 14.2 Å². The van der Waals surface area contributed by atoms with Gasteiger partial charge in [-0.05, 0) is 36.8 Å². The van der Waals surface area contributed by atoms with Crippen molar-refractivity contribution in [2.75, 3.05) is 6.61 Å². The molecule has 0 spiro atoms. The Balaban J connectivity index is 2.19. The van der Waals surface area contributed by atoms with Gasteiger partial charge in [0.15, 0.2) is 0 Å². The highest BCUT2D eigenvalue weighted by Crippen LogP contribution is 2.26. The van der Waals surface area contributed by atoms with Gasteiger partial charge in [0.1, 0.15) is 24.8 Å². The minimum Gasteiger partial charge on any atom is -0.487 e. The van der Waals surface area contributed by atoms with Crippen LogP contribution >= 0.6 is 11.6 Å². The normalized spacial score (nSPS) is 9.90. The molecule has 1 N–H and O–H groups in total. The number of aryl methyl sites for hydroxylation is 1. The van der Waals surface area contributed by atoms with Crippen LogP contribution in [-0.4, -0.2) is 11.7 Å². The molecule has 21 heavy (non-hydrogen) atoms. The van der Waals surface area contributed by atoms with Crippen molar-refractivity contribution in [3.63, 3.8) is 0 Å². The van der Waals surface area contributed by atoms with Crippen LogP contribution < -0.4 is 4.74 Å². The molecule has 0 saturated heterocycles. The fraction of sp³-hybridized carbons (Fsp3) is 0.176. The Morgan fingerprint density at radius 3 is 2.76 bits per heavy atom. The maximum Gasteiger partial charge on any atom is 0.138 e. The van der Waals surface area contributed by atoms with Gasteiger partial charge in [-0.2, -0.15) is 0 Å². The topological polar surface area (TPSA) is 29.5 Å². The lowest BCUT2D eigenvalue weighted by molar-refractivity contribution is 0.306. The molecule has 108 valence electrons. The molecule has 0 radical (unpaired) electrons. The van der Waals surface area contributed by atoms with Gasteiger partial charge in [0, 0.05) is 11.1 Å². The molecule has 0 saturated carbocycles. The molecular formula is C17H14ClFO2. The molecule has 4 heteroatoms. The maximum atomic E-state index is 13.3. The molecule has 2 rings (SSSR count). The van der Waals surface area contributed by atoms with E-state index in [0.717, 1.165) is 11.1 Å². The van der Waals surface area contributed by atoms with E-state index in [1.807, 2.05) is 19.1 Å². The van der Waals surface area contributed by atoms with Gasteiger partial charge >= 0.3 is 0 Å². The lowest BCUT2D eigenvalue weighted by Crippen LogP contribution is -1.99. The first-order valence-corrected chi connectivity index (χ1v) is 6.75. The predicted molar refractivity (Wildman–Crippen MR) is 80.9 cm³/mol. The number of rotatable bonds is 3. The van der Waals surface area contributed by atoms with E-state index >= 15 is 0 Å². The number of aliphatic hydroxyl groups excluding tert-OH is 1. The second kappa shape index (κ2) is 7.12. The maximum absolute atomic E-state index is 13.3. The molecule has 2 aromatic carbocycles. The predicted octanol–water partition coefficient (Wildman–Crippen LogP) is 3.71. The quantitative estimate of drug-likeness (QED) is 0.876. The Morgan fingerprint density at radius 2 is 2.05 bits per heavy atom. The molecule has 2 nitrogen and oxygen atoms in total. The molecule has 0 fully saturated rings. The Hall–Kier alpha value is -2.02. The van der Waals surface area contributed by atoms with Crippen molar-refractivity contribution in [2.45, 2.75) is 13.5 Å².